The smallest absolute Gasteiger partial charge is 0.243 e. The Labute approximate surface area is 110 Å². The van der Waals surface area contributed by atoms with Gasteiger partial charge in [0.15, 0.2) is 0 Å². The van der Waals surface area contributed by atoms with E-state index in [2.05, 4.69) is 24.8 Å². The molecule has 0 aliphatic heterocycles. The number of nitrogens with zero attached hydrogens (tertiary/aromatic N) is 2. The van der Waals surface area contributed by atoms with E-state index in [0.717, 1.165) is 12.4 Å². The van der Waals surface area contributed by atoms with Crippen molar-refractivity contribution in [3.8, 4) is 0 Å². The molecule has 0 atom stereocenters. The number of hydrogen-bond donors (Lipinski definition) is 4. The number of anilines is 1. The van der Waals surface area contributed by atoms with Gasteiger partial charge in [0, 0.05) is 6.54 Å². The molecule has 0 amide bonds. The Bertz CT molecular complexity index is 611. The standard InChI is InChI=1S/C7H14N6O4S2/c1-9-18(14,15)3-2-12-19(16,17)6-4-10-7(13-8)11-5-6/h4-5,9,12H,2-3,8H2,1H3,(H,10,11,13). The van der Waals surface area contributed by atoms with Crippen LogP contribution in [0.5, 0.6) is 0 Å². The van der Waals surface area contributed by atoms with Crippen LogP contribution in [0.1, 0.15) is 0 Å². The molecule has 0 bridgehead atoms. The fraction of sp³-hybridized carbons (Fsp3) is 0.429. The van der Waals surface area contributed by atoms with E-state index in [1.807, 2.05) is 0 Å². The zero-order valence-corrected chi connectivity index (χ0v) is 11.6. The van der Waals surface area contributed by atoms with Gasteiger partial charge in [-0.2, -0.15) is 0 Å². The summed E-state index contributed by atoms with van der Waals surface area (Å²) in [6.07, 6.45) is 2.11. The minimum Gasteiger partial charge on any atom is -0.292 e. The number of nitrogen functional groups attached to an aromatic ring is 1. The van der Waals surface area contributed by atoms with Gasteiger partial charge in [-0.05, 0) is 7.05 Å². The summed E-state index contributed by atoms with van der Waals surface area (Å²) >= 11 is 0. The van der Waals surface area contributed by atoms with Gasteiger partial charge in [-0.15, -0.1) is 0 Å². The van der Waals surface area contributed by atoms with E-state index in [-0.39, 0.29) is 23.1 Å². The van der Waals surface area contributed by atoms with Gasteiger partial charge in [-0.25, -0.2) is 42.1 Å². The molecule has 0 saturated carbocycles. The van der Waals surface area contributed by atoms with Crippen molar-refractivity contribution in [1.29, 1.82) is 0 Å². The molecule has 10 nitrogen and oxygen atoms in total. The van der Waals surface area contributed by atoms with Gasteiger partial charge in [0.1, 0.15) is 4.90 Å². The number of hydrogen-bond acceptors (Lipinski definition) is 8. The van der Waals surface area contributed by atoms with E-state index in [4.69, 9.17) is 5.84 Å². The summed E-state index contributed by atoms with van der Waals surface area (Å²) in [5.74, 6) is 4.74. The predicted molar refractivity (Wildman–Crippen MR) is 67.9 cm³/mol. The summed E-state index contributed by atoms with van der Waals surface area (Å²) in [6, 6.07) is 0. The number of nitrogens with two attached hydrogens (primary N) is 1. The highest BCUT2D eigenvalue weighted by atomic mass is 32.2. The van der Waals surface area contributed by atoms with Crippen LogP contribution in [0.3, 0.4) is 0 Å². The predicted octanol–water partition coefficient (Wildman–Crippen LogP) is -2.41. The van der Waals surface area contributed by atoms with Crippen molar-refractivity contribution < 1.29 is 16.8 Å². The molecule has 1 aromatic heterocycles. The first-order chi connectivity index (χ1) is 8.80. The van der Waals surface area contributed by atoms with Crippen molar-refractivity contribution in [2.75, 3.05) is 24.8 Å². The van der Waals surface area contributed by atoms with Gasteiger partial charge in [-0.3, -0.25) is 5.43 Å². The largest absolute Gasteiger partial charge is 0.292 e. The molecule has 1 rings (SSSR count). The van der Waals surface area contributed by atoms with Gasteiger partial charge in [0.05, 0.1) is 18.1 Å². The summed E-state index contributed by atoms with van der Waals surface area (Å²) < 4.78 is 49.9. The first-order valence-electron chi connectivity index (χ1n) is 5.00. The fourth-order valence-corrected chi connectivity index (χ4v) is 2.65. The molecule has 12 heteroatoms. The average molecular weight is 310 g/mol. The quantitative estimate of drug-likeness (QED) is 0.320. The van der Waals surface area contributed by atoms with Crippen LogP contribution < -0.4 is 20.7 Å². The Balaban J connectivity index is 2.70. The normalized spacial score (nSPS) is 12.3. The lowest BCUT2D eigenvalue weighted by atomic mass is 10.7. The first kappa shape index (κ1) is 15.7. The molecule has 0 spiro atoms. The molecule has 1 heterocycles. The molecule has 0 fully saturated rings. The number of nitrogens with one attached hydrogen (secondary N) is 3. The highest BCUT2D eigenvalue weighted by Crippen LogP contribution is 2.06. The van der Waals surface area contributed by atoms with Crippen molar-refractivity contribution >= 4 is 26.0 Å². The Morgan fingerprint density at radius 1 is 1.21 bits per heavy atom. The van der Waals surface area contributed by atoms with Crippen molar-refractivity contribution in [3.05, 3.63) is 12.4 Å². The first-order valence-corrected chi connectivity index (χ1v) is 8.14. The number of sulfonamides is 2. The van der Waals surface area contributed by atoms with Crippen LogP contribution in [0, 0.1) is 0 Å². The van der Waals surface area contributed by atoms with Crippen molar-refractivity contribution in [2.24, 2.45) is 5.84 Å². The molecule has 108 valence electrons. The van der Waals surface area contributed by atoms with Crippen LogP contribution in [0.25, 0.3) is 0 Å². The van der Waals surface area contributed by atoms with Crippen molar-refractivity contribution in [3.63, 3.8) is 0 Å². The molecule has 1 aromatic rings. The second-order valence-electron chi connectivity index (χ2n) is 3.31. The maximum Gasteiger partial charge on any atom is 0.243 e. The highest BCUT2D eigenvalue weighted by Gasteiger charge is 2.16. The highest BCUT2D eigenvalue weighted by molar-refractivity contribution is 7.90. The third-order valence-corrected chi connectivity index (χ3v) is 4.82. The van der Waals surface area contributed by atoms with E-state index in [0.29, 0.717) is 0 Å². The van der Waals surface area contributed by atoms with Crippen LogP contribution in [-0.2, 0) is 20.0 Å². The maximum absolute atomic E-state index is 11.7. The topological polar surface area (TPSA) is 156 Å². The van der Waals surface area contributed by atoms with Gasteiger partial charge in [-0.1, -0.05) is 0 Å². The van der Waals surface area contributed by atoms with E-state index < -0.39 is 20.0 Å². The molecule has 0 radical (unpaired) electrons. The van der Waals surface area contributed by atoms with Crippen LogP contribution >= 0.6 is 0 Å². The van der Waals surface area contributed by atoms with E-state index in [1.54, 1.807) is 0 Å². The summed E-state index contributed by atoms with van der Waals surface area (Å²) in [6.45, 7) is -0.262. The average Bonchev–Trinajstić information content (AvgIpc) is 2.38. The monoisotopic (exact) mass is 310 g/mol. The Hall–Kier alpha value is -1.34. The second kappa shape index (κ2) is 6.21. The van der Waals surface area contributed by atoms with Crippen LogP contribution in [-0.4, -0.2) is 46.1 Å². The third kappa shape index (κ3) is 4.68. The second-order valence-corrected chi connectivity index (χ2v) is 7.12. The van der Waals surface area contributed by atoms with Gasteiger partial charge >= 0.3 is 0 Å². The Kier molecular flexibility index (Phi) is 5.13. The third-order valence-electron chi connectivity index (χ3n) is 2.04. The molecule has 0 unspecified atom stereocenters. The fourth-order valence-electron chi connectivity index (χ4n) is 1.03. The molecular weight excluding hydrogens is 296 g/mol. The van der Waals surface area contributed by atoms with Crippen molar-refractivity contribution in [2.45, 2.75) is 4.90 Å². The minimum absolute atomic E-state index is 0.0664. The minimum atomic E-state index is -3.85. The molecule has 0 aliphatic rings. The number of rotatable bonds is 7. The zero-order chi connectivity index (χ0) is 14.5. The Morgan fingerprint density at radius 2 is 1.79 bits per heavy atom. The summed E-state index contributed by atoms with van der Waals surface area (Å²) in [5, 5.41) is 0. The molecule has 0 aromatic carbocycles. The van der Waals surface area contributed by atoms with Crippen LogP contribution in [0.15, 0.2) is 17.3 Å². The molecule has 0 saturated heterocycles. The van der Waals surface area contributed by atoms with Gasteiger partial charge in [0.2, 0.25) is 26.0 Å². The summed E-state index contributed by atoms with van der Waals surface area (Å²) in [4.78, 5) is 7.09. The molecule has 0 aliphatic carbocycles. The SMILES string of the molecule is CNS(=O)(=O)CCNS(=O)(=O)c1cnc(NN)nc1. The molecule has 19 heavy (non-hydrogen) atoms. The van der Waals surface area contributed by atoms with E-state index >= 15 is 0 Å². The van der Waals surface area contributed by atoms with Gasteiger partial charge in [0.25, 0.3) is 0 Å². The number of hydrazine groups is 1. The Morgan fingerprint density at radius 3 is 2.26 bits per heavy atom. The van der Waals surface area contributed by atoms with Crippen LogP contribution in [0.4, 0.5) is 5.95 Å². The molecule has 5 N–H and O–H groups in total. The van der Waals surface area contributed by atoms with Crippen LogP contribution in [0.2, 0.25) is 0 Å². The summed E-state index contributed by atoms with van der Waals surface area (Å²) in [5.41, 5.74) is 2.15. The lowest BCUT2D eigenvalue weighted by molar-refractivity contribution is 0.578. The zero-order valence-electron chi connectivity index (χ0n) is 9.99. The summed E-state index contributed by atoms with van der Waals surface area (Å²) in [7, 11) is -6.07. The maximum atomic E-state index is 11.7. The lowest BCUT2D eigenvalue weighted by Crippen LogP contribution is -2.33. The van der Waals surface area contributed by atoms with E-state index in [9.17, 15) is 16.8 Å². The molecular formula is C7H14N6O4S2. The van der Waals surface area contributed by atoms with Gasteiger partial charge < -0.3 is 0 Å². The lowest BCUT2D eigenvalue weighted by Gasteiger charge is -2.06. The van der Waals surface area contributed by atoms with E-state index in [1.165, 1.54) is 7.05 Å². The number of aromatic nitrogens is 2. The van der Waals surface area contributed by atoms with Crippen molar-refractivity contribution in [1.82, 2.24) is 19.4 Å².